The van der Waals surface area contributed by atoms with E-state index in [1.807, 2.05) is 62.4 Å². The summed E-state index contributed by atoms with van der Waals surface area (Å²) in [5.41, 5.74) is 3.89. The molecule has 0 heterocycles. The fourth-order valence-corrected chi connectivity index (χ4v) is 2.83. The number of hydrogen-bond acceptors (Lipinski definition) is 3. The summed E-state index contributed by atoms with van der Waals surface area (Å²) in [6, 6.07) is 17.5. The molecule has 3 nitrogen and oxygen atoms in total. The van der Waals surface area contributed by atoms with Crippen LogP contribution in [0.4, 0.5) is 0 Å². The van der Waals surface area contributed by atoms with Gasteiger partial charge >= 0.3 is 0 Å². The molecule has 3 rings (SSSR count). The summed E-state index contributed by atoms with van der Waals surface area (Å²) in [4.78, 5) is 0. The number of phenols is 1. The van der Waals surface area contributed by atoms with Crippen molar-refractivity contribution in [3.8, 4) is 29.0 Å². The van der Waals surface area contributed by atoms with Crippen LogP contribution < -0.4 is 0 Å². The maximum absolute atomic E-state index is 10.4. The highest BCUT2D eigenvalue weighted by atomic mass is 16.3. The van der Waals surface area contributed by atoms with Crippen molar-refractivity contribution in [2.24, 2.45) is 0 Å². The molecule has 1 N–H and O–H groups in total. The molecule has 0 radical (unpaired) electrons. The Balaban J connectivity index is 2.54. The molecule has 110 valence electrons. The zero-order valence-electron chi connectivity index (χ0n) is 12.9. The monoisotopic (exact) mass is 298 g/mol. The van der Waals surface area contributed by atoms with E-state index >= 15 is 0 Å². The number of aryl methyl sites for hydroxylation is 2. The van der Waals surface area contributed by atoms with E-state index in [4.69, 9.17) is 0 Å². The van der Waals surface area contributed by atoms with Crippen molar-refractivity contribution >= 4 is 10.8 Å². The summed E-state index contributed by atoms with van der Waals surface area (Å²) < 4.78 is 0. The molecule has 23 heavy (non-hydrogen) atoms. The lowest BCUT2D eigenvalue weighted by Gasteiger charge is -2.14. The second kappa shape index (κ2) is 5.48. The quantitative estimate of drug-likeness (QED) is 0.715. The van der Waals surface area contributed by atoms with Gasteiger partial charge in [0.15, 0.2) is 0 Å². The average Bonchev–Trinajstić information content (AvgIpc) is 2.56. The molecule has 0 unspecified atom stereocenters. The van der Waals surface area contributed by atoms with E-state index in [0.29, 0.717) is 10.9 Å². The summed E-state index contributed by atoms with van der Waals surface area (Å²) in [5.74, 6) is -0.126. The summed E-state index contributed by atoms with van der Waals surface area (Å²) in [5, 5.41) is 30.8. The van der Waals surface area contributed by atoms with Crippen LogP contribution in [0.25, 0.3) is 21.9 Å². The number of fused-ring (bicyclic) bond motifs is 1. The Morgan fingerprint density at radius 3 is 2.00 bits per heavy atom. The summed E-state index contributed by atoms with van der Waals surface area (Å²) in [6.07, 6.45) is 0. The third kappa shape index (κ3) is 2.29. The number of hydrogen-bond donors (Lipinski definition) is 1. The van der Waals surface area contributed by atoms with Gasteiger partial charge in [0, 0.05) is 10.9 Å². The van der Waals surface area contributed by atoms with E-state index in [2.05, 4.69) is 6.07 Å². The Hall–Kier alpha value is -3.30. The van der Waals surface area contributed by atoms with Crippen molar-refractivity contribution in [2.75, 3.05) is 0 Å². The van der Waals surface area contributed by atoms with Gasteiger partial charge in [0.05, 0.1) is 5.56 Å². The lowest BCUT2D eigenvalue weighted by atomic mass is 9.89. The fraction of sp³-hybridized carbons (Fsp3) is 0.100. The highest BCUT2D eigenvalue weighted by Crippen LogP contribution is 2.40. The molecule has 0 aromatic heterocycles. The number of nitrogens with zero attached hydrogens (tertiary/aromatic N) is 2. The van der Waals surface area contributed by atoms with Crippen LogP contribution in [0.3, 0.4) is 0 Å². The molecule has 0 saturated heterocycles. The molecule has 0 aliphatic heterocycles. The largest absolute Gasteiger partial charge is 0.506 e. The molecule has 0 atom stereocenters. The Morgan fingerprint density at radius 2 is 1.39 bits per heavy atom. The third-order valence-electron chi connectivity index (χ3n) is 4.00. The van der Waals surface area contributed by atoms with Crippen molar-refractivity contribution in [1.82, 2.24) is 0 Å². The highest BCUT2D eigenvalue weighted by molar-refractivity contribution is 6.04. The van der Waals surface area contributed by atoms with Crippen LogP contribution in [0.5, 0.6) is 5.75 Å². The second-order valence-electron chi connectivity index (χ2n) is 5.61. The predicted octanol–water partition coefficient (Wildman–Crippen LogP) is 4.57. The van der Waals surface area contributed by atoms with E-state index in [-0.39, 0.29) is 16.9 Å². The number of aromatic hydroxyl groups is 1. The topological polar surface area (TPSA) is 67.8 Å². The minimum absolute atomic E-state index is 0.0289. The van der Waals surface area contributed by atoms with Crippen LogP contribution in [0, 0.1) is 36.5 Å². The third-order valence-corrected chi connectivity index (χ3v) is 4.00. The van der Waals surface area contributed by atoms with Gasteiger partial charge < -0.3 is 5.11 Å². The first kappa shape index (κ1) is 14.6. The summed E-state index contributed by atoms with van der Waals surface area (Å²) >= 11 is 0. The highest BCUT2D eigenvalue weighted by Gasteiger charge is 2.20. The van der Waals surface area contributed by atoms with Crippen molar-refractivity contribution < 1.29 is 5.11 Å². The van der Waals surface area contributed by atoms with Gasteiger partial charge in [-0.2, -0.15) is 10.5 Å². The van der Waals surface area contributed by atoms with Gasteiger partial charge in [-0.05, 0) is 30.9 Å². The Labute approximate surface area is 134 Å². The first-order valence-electron chi connectivity index (χ1n) is 7.23. The van der Waals surface area contributed by atoms with Gasteiger partial charge in [-0.1, -0.05) is 47.5 Å². The smallest absolute Gasteiger partial charge is 0.142 e. The van der Waals surface area contributed by atoms with Crippen molar-refractivity contribution in [1.29, 1.82) is 10.5 Å². The Bertz CT molecular complexity index is 1000. The summed E-state index contributed by atoms with van der Waals surface area (Å²) in [7, 11) is 0. The van der Waals surface area contributed by atoms with E-state index in [9.17, 15) is 15.6 Å². The van der Waals surface area contributed by atoms with Crippen LogP contribution in [-0.4, -0.2) is 5.11 Å². The van der Waals surface area contributed by atoms with E-state index in [0.717, 1.165) is 22.1 Å². The first-order chi connectivity index (χ1) is 11.1. The predicted molar refractivity (Wildman–Crippen MR) is 90.0 cm³/mol. The molecule has 3 heteroatoms. The number of nitriles is 2. The molecule has 3 aromatic carbocycles. The molecule has 0 amide bonds. The first-order valence-corrected chi connectivity index (χ1v) is 7.23. The lowest BCUT2D eigenvalue weighted by molar-refractivity contribution is 0.480. The van der Waals surface area contributed by atoms with Crippen molar-refractivity contribution in [3.05, 3.63) is 64.7 Å². The van der Waals surface area contributed by atoms with Gasteiger partial charge in [-0.3, -0.25) is 0 Å². The minimum Gasteiger partial charge on any atom is -0.506 e. The number of rotatable bonds is 1. The Kier molecular flexibility index (Phi) is 3.48. The second-order valence-corrected chi connectivity index (χ2v) is 5.61. The maximum Gasteiger partial charge on any atom is 0.142 e. The molecule has 3 aromatic rings. The van der Waals surface area contributed by atoms with Crippen LogP contribution in [0.1, 0.15) is 22.3 Å². The number of benzene rings is 3. The molecule has 0 aliphatic rings. The lowest BCUT2D eigenvalue weighted by Crippen LogP contribution is -1.94. The van der Waals surface area contributed by atoms with Gasteiger partial charge in [-0.15, -0.1) is 0 Å². The SMILES string of the molecule is Cc1ccc(-c2c(C#N)c(C#N)c(O)c3cc(C)ccc23)cc1. The van der Waals surface area contributed by atoms with Crippen molar-refractivity contribution in [2.45, 2.75) is 13.8 Å². The van der Waals surface area contributed by atoms with Gasteiger partial charge in [0.25, 0.3) is 0 Å². The van der Waals surface area contributed by atoms with E-state index < -0.39 is 0 Å². The fourth-order valence-electron chi connectivity index (χ4n) is 2.83. The van der Waals surface area contributed by atoms with Crippen LogP contribution in [0.2, 0.25) is 0 Å². The molecule has 0 spiro atoms. The molecular weight excluding hydrogens is 284 g/mol. The summed E-state index contributed by atoms with van der Waals surface area (Å²) in [6.45, 7) is 3.92. The normalized spacial score (nSPS) is 10.3. The van der Waals surface area contributed by atoms with Crippen LogP contribution in [0.15, 0.2) is 42.5 Å². The van der Waals surface area contributed by atoms with Gasteiger partial charge in [0.1, 0.15) is 23.5 Å². The van der Waals surface area contributed by atoms with Gasteiger partial charge in [0.2, 0.25) is 0 Å². The van der Waals surface area contributed by atoms with E-state index in [1.54, 1.807) is 0 Å². The maximum atomic E-state index is 10.4. The minimum atomic E-state index is -0.126. The zero-order valence-corrected chi connectivity index (χ0v) is 12.9. The van der Waals surface area contributed by atoms with Crippen LogP contribution in [-0.2, 0) is 0 Å². The van der Waals surface area contributed by atoms with Gasteiger partial charge in [-0.25, -0.2) is 0 Å². The standard InChI is InChI=1S/C20H14N2O/c1-12-3-6-14(7-4-12)19-15-8-5-13(2)9-16(15)20(23)18(11-22)17(19)10-21/h3-9,23H,1-2H3. The molecular formula is C20H14N2O. The molecule has 0 saturated carbocycles. The average molecular weight is 298 g/mol. The number of phenolic OH excluding ortho intramolecular Hbond substituents is 1. The molecule has 0 bridgehead atoms. The van der Waals surface area contributed by atoms with Crippen molar-refractivity contribution in [3.63, 3.8) is 0 Å². The van der Waals surface area contributed by atoms with Crippen LogP contribution >= 0.6 is 0 Å². The molecule has 0 fully saturated rings. The molecule has 0 aliphatic carbocycles. The Morgan fingerprint density at radius 1 is 0.783 bits per heavy atom. The van der Waals surface area contributed by atoms with E-state index in [1.165, 1.54) is 0 Å². The zero-order chi connectivity index (χ0) is 16.6.